The van der Waals surface area contributed by atoms with E-state index in [2.05, 4.69) is 12.2 Å². The second kappa shape index (κ2) is 9.65. The molecule has 0 saturated carbocycles. The molecule has 0 atom stereocenters. The van der Waals surface area contributed by atoms with Crippen LogP contribution >= 0.6 is 0 Å². The predicted octanol–water partition coefficient (Wildman–Crippen LogP) is 2.79. The van der Waals surface area contributed by atoms with Crippen molar-refractivity contribution < 1.29 is 14.3 Å². The van der Waals surface area contributed by atoms with Gasteiger partial charge in [0, 0.05) is 6.54 Å². The first-order valence-electron chi connectivity index (χ1n) is 7.14. The maximum absolute atomic E-state index is 11.3. The molecule has 0 aromatic heterocycles. The first-order chi connectivity index (χ1) is 10.2. The minimum atomic E-state index is -0.281. The number of carbonyl (C=O) groups excluding carboxylic acids is 1. The standard InChI is InChI=1S/C16H22N2O3/c1-3-4-5-10-21-14-7-6-13(11-15(14)20-2)12-18-16(19)8-9-17/h6-7,11H,3-5,8,10,12H2,1-2H3,(H,18,19). The molecule has 5 heteroatoms. The lowest BCUT2D eigenvalue weighted by Crippen LogP contribution is -2.21. The van der Waals surface area contributed by atoms with Crippen molar-refractivity contribution >= 4 is 5.91 Å². The Bertz CT molecular complexity index is 495. The van der Waals surface area contributed by atoms with Crippen molar-refractivity contribution in [1.82, 2.24) is 5.32 Å². The lowest BCUT2D eigenvalue weighted by molar-refractivity contribution is -0.120. The van der Waals surface area contributed by atoms with E-state index in [-0.39, 0.29) is 12.3 Å². The van der Waals surface area contributed by atoms with Crippen LogP contribution < -0.4 is 14.8 Å². The van der Waals surface area contributed by atoms with Crippen molar-refractivity contribution in [2.45, 2.75) is 39.2 Å². The molecule has 0 saturated heterocycles. The maximum Gasteiger partial charge on any atom is 0.234 e. The molecule has 0 aliphatic rings. The van der Waals surface area contributed by atoms with E-state index in [1.807, 2.05) is 24.3 Å². The summed E-state index contributed by atoms with van der Waals surface area (Å²) in [6.07, 6.45) is 3.19. The first-order valence-corrected chi connectivity index (χ1v) is 7.14. The fourth-order valence-corrected chi connectivity index (χ4v) is 1.81. The molecule has 0 fully saturated rings. The van der Waals surface area contributed by atoms with Crippen LogP contribution in [0.15, 0.2) is 18.2 Å². The zero-order chi connectivity index (χ0) is 15.5. The monoisotopic (exact) mass is 290 g/mol. The molecule has 1 amide bonds. The third-order valence-corrected chi connectivity index (χ3v) is 2.96. The highest BCUT2D eigenvalue weighted by molar-refractivity contribution is 5.77. The minimum absolute atomic E-state index is 0.129. The zero-order valence-corrected chi connectivity index (χ0v) is 12.6. The number of hydrogen-bond donors (Lipinski definition) is 1. The number of ether oxygens (including phenoxy) is 2. The summed E-state index contributed by atoms with van der Waals surface area (Å²) in [6.45, 7) is 3.19. The number of hydrogen-bond acceptors (Lipinski definition) is 4. The van der Waals surface area contributed by atoms with Crippen molar-refractivity contribution in [1.29, 1.82) is 5.26 Å². The van der Waals surface area contributed by atoms with Crippen LogP contribution in [0.4, 0.5) is 0 Å². The lowest BCUT2D eigenvalue weighted by Gasteiger charge is -2.12. The summed E-state index contributed by atoms with van der Waals surface area (Å²) in [5.74, 6) is 1.08. The Hall–Kier alpha value is -2.22. The Labute approximate surface area is 125 Å². The van der Waals surface area contributed by atoms with E-state index >= 15 is 0 Å². The van der Waals surface area contributed by atoms with Gasteiger partial charge in [-0.25, -0.2) is 0 Å². The Kier molecular flexibility index (Phi) is 7.73. The quantitative estimate of drug-likeness (QED) is 0.710. The van der Waals surface area contributed by atoms with Gasteiger partial charge in [0.15, 0.2) is 11.5 Å². The van der Waals surface area contributed by atoms with Crippen LogP contribution in [0.1, 0.15) is 38.2 Å². The number of methoxy groups -OCH3 is 1. The van der Waals surface area contributed by atoms with Crippen molar-refractivity contribution in [2.75, 3.05) is 13.7 Å². The normalized spacial score (nSPS) is 9.76. The van der Waals surface area contributed by atoms with Gasteiger partial charge in [-0.3, -0.25) is 4.79 Å². The average molecular weight is 290 g/mol. The van der Waals surface area contributed by atoms with Gasteiger partial charge in [0.25, 0.3) is 0 Å². The minimum Gasteiger partial charge on any atom is -0.493 e. The van der Waals surface area contributed by atoms with Crippen molar-refractivity contribution in [3.8, 4) is 17.6 Å². The number of rotatable bonds is 9. The van der Waals surface area contributed by atoms with Gasteiger partial charge in [-0.05, 0) is 24.1 Å². The van der Waals surface area contributed by atoms with E-state index in [4.69, 9.17) is 14.7 Å². The van der Waals surface area contributed by atoms with Gasteiger partial charge >= 0.3 is 0 Å². The number of nitrogens with zero attached hydrogens (tertiary/aromatic N) is 1. The molecule has 5 nitrogen and oxygen atoms in total. The molecule has 0 aliphatic carbocycles. The Balaban J connectivity index is 2.57. The van der Waals surface area contributed by atoms with Crippen LogP contribution in [0.3, 0.4) is 0 Å². The number of nitrogens with one attached hydrogen (secondary N) is 1. The van der Waals surface area contributed by atoms with E-state index in [0.29, 0.717) is 24.7 Å². The highest BCUT2D eigenvalue weighted by Crippen LogP contribution is 2.28. The summed E-state index contributed by atoms with van der Waals surface area (Å²) in [5.41, 5.74) is 0.902. The summed E-state index contributed by atoms with van der Waals surface area (Å²) in [7, 11) is 1.59. The number of benzene rings is 1. The maximum atomic E-state index is 11.3. The van der Waals surface area contributed by atoms with E-state index in [1.165, 1.54) is 0 Å². The molecule has 1 N–H and O–H groups in total. The molecule has 0 aliphatic heterocycles. The third-order valence-electron chi connectivity index (χ3n) is 2.96. The first kappa shape index (κ1) is 16.8. The number of carbonyl (C=O) groups is 1. The summed E-state index contributed by atoms with van der Waals surface area (Å²) in [4.78, 5) is 11.3. The molecule has 21 heavy (non-hydrogen) atoms. The van der Waals surface area contributed by atoms with Gasteiger partial charge in [-0.2, -0.15) is 5.26 Å². The largest absolute Gasteiger partial charge is 0.493 e. The van der Waals surface area contributed by atoms with Gasteiger partial charge in [0.05, 0.1) is 19.8 Å². The fraction of sp³-hybridized carbons (Fsp3) is 0.500. The molecular formula is C16H22N2O3. The van der Waals surface area contributed by atoms with Crippen LogP contribution in [0.2, 0.25) is 0 Å². The van der Waals surface area contributed by atoms with Crippen molar-refractivity contribution in [2.24, 2.45) is 0 Å². The molecule has 114 valence electrons. The van der Waals surface area contributed by atoms with Gasteiger partial charge in [0.1, 0.15) is 6.42 Å². The van der Waals surface area contributed by atoms with Crippen LogP contribution in [0.25, 0.3) is 0 Å². The molecule has 0 bridgehead atoms. The van der Waals surface area contributed by atoms with Crippen LogP contribution in [-0.4, -0.2) is 19.6 Å². The number of unbranched alkanes of at least 4 members (excludes halogenated alkanes) is 2. The van der Waals surface area contributed by atoms with Gasteiger partial charge in [-0.1, -0.05) is 25.8 Å². The highest BCUT2D eigenvalue weighted by atomic mass is 16.5. The molecule has 0 spiro atoms. The summed E-state index contributed by atoms with van der Waals surface area (Å²) in [6, 6.07) is 7.37. The topological polar surface area (TPSA) is 71.3 Å². The van der Waals surface area contributed by atoms with Crippen LogP contribution in [0, 0.1) is 11.3 Å². The molecular weight excluding hydrogens is 268 g/mol. The Morgan fingerprint density at radius 1 is 1.33 bits per heavy atom. The summed E-state index contributed by atoms with van der Waals surface area (Å²) in [5, 5.41) is 11.1. The highest BCUT2D eigenvalue weighted by Gasteiger charge is 2.07. The Morgan fingerprint density at radius 3 is 2.81 bits per heavy atom. The van der Waals surface area contributed by atoms with E-state index in [9.17, 15) is 4.79 Å². The van der Waals surface area contributed by atoms with E-state index in [0.717, 1.165) is 24.8 Å². The van der Waals surface area contributed by atoms with Crippen molar-refractivity contribution in [3.63, 3.8) is 0 Å². The average Bonchev–Trinajstić information content (AvgIpc) is 2.50. The van der Waals surface area contributed by atoms with Gasteiger partial charge < -0.3 is 14.8 Å². The summed E-state index contributed by atoms with van der Waals surface area (Å²) < 4.78 is 11.0. The molecule has 0 radical (unpaired) electrons. The Morgan fingerprint density at radius 2 is 2.14 bits per heavy atom. The predicted molar refractivity (Wildman–Crippen MR) is 80.1 cm³/mol. The van der Waals surface area contributed by atoms with Crippen molar-refractivity contribution in [3.05, 3.63) is 23.8 Å². The molecule has 1 aromatic rings. The number of amides is 1. The van der Waals surface area contributed by atoms with Crippen LogP contribution in [-0.2, 0) is 11.3 Å². The summed E-state index contributed by atoms with van der Waals surface area (Å²) >= 11 is 0. The van der Waals surface area contributed by atoms with E-state index in [1.54, 1.807) is 7.11 Å². The third kappa shape index (κ3) is 6.17. The molecule has 0 heterocycles. The van der Waals surface area contributed by atoms with E-state index < -0.39 is 0 Å². The smallest absolute Gasteiger partial charge is 0.234 e. The fourth-order valence-electron chi connectivity index (χ4n) is 1.81. The zero-order valence-electron chi connectivity index (χ0n) is 12.6. The van der Waals surface area contributed by atoms with Gasteiger partial charge in [-0.15, -0.1) is 0 Å². The second-order valence-corrected chi connectivity index (χ2v) is 4.65. The van der Waals surface area contributed by atoms with Gasteiger partial charge in [0.2, 0.25) is 5.91 Å². The molecule has 1 aromatic carbocycles. The number of nitriles is 1. The van der Waals surface area contributed by atoms with Crippen LogP contribution in [0.5, 0.6) is 11.5 Å². The SMILES string of the molecule is CCCCCOc1ccc(CNC(=O)CC#N)cc1OC. The second-order valence-electron chi connectivity index (χ2n) is 4.65. The lowest BCUT2D eigenvalue weighted by atomic mass is 10.2. The molecule has 1 rings (SSSR count). The molecule has 0 unspecified atom stereocenters.